The normalized spacial score (nSPS) is 10.0. The zero-order chi connectivity index (χ0) is 17.7. The number of nitro benzene ring substituents is 1. The number of hydrogen-bond acceptors (Lipinski definition) is 6. The highest BCUT2D eigenvalue weighted by Gasteiger charge is 2.15. The fourth-order valence-corrected chi connectivity index (χ4v) is 1.95. The van der Waals surface area contributed by atoms with Crippen LogP contribution in [0.3, 0.4) is 0 Å². The van der Waals surface area contributed by atoms with Crippen LogP contribution in [0.15, 0.2) is 42.5 Å². The Morgan fingerprint density at radius 1 is 1.21 bits per heavy atom. The molecular weight excluding hydrogens is 338 g/mol. The zero-order valence-corrected chi connectivity index (χ0v) is 12.9. The van der Waals surface area contributed by atoms with Gasteiger partial charge in [-0.1, -0.05) is 11.6 Å². The highest BCUT2D eigenvalue weighted by atomic mass is 35.5. The van der Waals surface area contributed by atoms with Crippen molar-refractivity contribution >= 4 is 40.5 Å². The first kappa shape index (κ1) is 17.2. The topological polar surface area (TPSA) is 125 Å². The average molecular weight is 350 g/mol. The van der Waals surface area contributed by atoms with Gasteiger partial charge in [0.25, 0.3) is 11.6 Å². The van der Waals surface area contributed by atoms with Crippen molar-refractivity contribution in [3.05, 3.63) is 63.2 Å². The molecule has 0 saturated carbocycles. The highest BCUT2D eigenvalue weighted by Crippen LogP contribution is 2.27. The van der Waals surface area contributed by atoms with Crippen LogP contribution in [0.5, 0.6) is 0 Å². The Morgan fingerprint density at radius 3 is 2.50 bits per heavy atom. The van der Waals surface area contributed by atoms with Crippen LogP contribution in [-0.4, -0.2) is 23.4 Å². The maximum absolute atomic E-state index is 11.8. The van der Waals surface area contributed by atoms with Crippen LogP contribution >= 0.6 is 11.6 Å². The van der Waals surface area contributed by atoms with E-state index in [9.17, 15) is 19.7 Å². The van der Waals surface area contributed by atoms with E-state index in [2.05, 4.69) is 5.32 Å². The van der Waals surface area contributed by atoms with Crippen molar-refractivity contribution in [1.29, 1.82) is 0 Å². The molecule has 0 aliphatic carbocycles. The van der Waals surface area contributed by atoms with Crippen molar-refractivity contribution < 1.29 is 19.2 Å². The molecule has 0 fully saturated rings. The molecule has 3 N–H and O–H groups in total. The minimum atomic E-state index is -0.688. The van der Waals surface area contributed by atoms with E-state index in [0.29, 0.717) is 5.69 Å². The molecule has 0 aromatic heterocycles. The maximum atomic E-state index is 11.8. The lowest BCUT2D eigenvalue weighted by molar-refractivity contribution is -0.384. The number of carbonyl (C=O) groups excluding carboxylic acids is 2. The third-order valence-corrected chi connectivity index (χ3v) is 3.23. The smallest absolute Gasteiger partial charge is 0.338 e. The lowest BCUT2D eigenvalue weighted by Gasteiger charge is -2.07. The molecule has 8 nitrogen and oxygen atoms in total. The van der Waals surface area contributed by atoms with E-state index in [1.807, 2.05) is 0 Å². The van der Waals surface area contributed by atoms with Crippen molar-refractivity contribution in [3.8, 4) is 0 Å². The summed E-state index contributed by atoms with van der Waals surface area (Å²) in [5.41, 5.74) is 6.08. The van der Waals surface area contributed by atoms with Crippen LogP contribution in [0.2, 0.25) is 5.02 Å². The molecule has 24 heavy (non-hydrogen) atoms. The van der Waals surface area contributed by atoms with Gasteiger partial charge in [0.2, 0.25) is 0 Å². The number of esters is 1. The number of nitro groups is 1. The van der Waals surface area contributed by atoms with E-state index in [4.69, 9.17) is 22.1 Å². The molecule has 2 aromatic rings. The molecule has 0 bridgehead atoms. The molecule has 0 aliphatic heterocycles. The lowest BCUT2D eigenvalue weighted by atomic mass is 10.2. The number of nitrogens with two attached hydrogens (primary N) is 1. The van der Waals surface area contributed by atoms with Gasteiger partial charge in [-0.15, -0.1) is 0 Å². The van der Waals surface area contributed by atoms with E-state index >= 15 is 0 Å². The number of carbonyl (C=O) groups is 2. The first-order valence-corrected chi connectivity index (χ1v) is 7.01. The quantitative estimate of drug-likeness (QED) is 0.370. The van der Waals surface area contributed by atoms with Gasteiger partial charge < -0.3 is 15.8 Å². The Kier molecular flexibility index (Phi) is 5.33. The van der Waals surface area contributed by atoms with E-state index in [1.54, 1.807) is 0 Å². The molecule has 124 valence electrons. The third kappa shape index (κ3) is 4.43. The molecular formula is C15H12ClN3O5. The summed E-state index contributed by atoms with van der Waals surface area (Å²) in [4.78, 5) is 33.6. The summed E-state index contributed by atoms with van der Waals surface area (Å²) >= 11 is 5.68. The van der Waals surface area contributed by atoms with Gasteiger partial charge in [0.05, 0.1) is 10.5 Å². The number of ether oxygens (including phenoxy) is 1. The molecule has 0 spiro atoms. The standard InChI is InChI=1S/C15H12ClN3O5/c16-12-6-5-11(7-13(12)19(22)23)18-14(20)8-24-15(21)9-1-3-10(17)4-2-9/h1-7H,8,17H2,(H,18,20). The fourth-order valence-electron chi connectivity index (χ4n) is 1.76. The molecule has 2 rings (SSSR count). The van der Waals surface area contributed by atoms with Crippen LogP contribution in [0.1, 0.15) is 10.4 Å². The average Bonchev–Trinajstić information content (AvgIpc) is 2.55. The van der Waals surface area contributed by atoms with Gasteiger partial charge >= 0.3 is 5.97 Å². The third-order valence-electron chi connectivity index (χ3n) is 2.91. The minimum Gasteiger partial charge on any atom is -0.452 e. The SMILES string of the molecule is Nc1ccc(C(=O)OCC(=O)Nc2ccc(Cl)c([N+](=O)[O-])c2)cc1. The Labute approximate surface area is 141 Å². The van der Waals surface area contributed by atoms with Gasteiger partial charge in [0.15, 0.2) is 6.61 Å². The number of anilines is 2. The van der Waals surface area contributed by atoms with Crippen molar-refractivity contribution in [3.63, 3.8) is 0 Å². The van der Waals surface area contributed by atoms with E-state index in [0.717, 1.165) is 6.07 Å². The predicted octanol–water partition coefficient (Wildman–Crippen LogP) is 2.63. The Morgan fingerprint density at radius 2 is 1.88 bits per heavy atom. The molecule has 0 unspecified atom stereocenters. The summed E-state index contributed by atoms with van der Waals surface area (Å²) in [6.07, 6.45) is 0. The number of nitrogens with one attached hydrogen (secondary N) is 1. The molecule has 0 atom stereocenters. The second kappa shape index (κ2) is 7.42. The van der Waals surface area contributed by atoms with Gasteiger partial charge in [-0.05, 0) is 36.4 Å². The van der Waals surface area contributed by atoms with Crippen LogP contribution in [-0.2, 0) is 9.53 Å². The minimum absolute atomic E-state index is 0.0484. The van der Waals surface area contributed by atoms with E-state index in [-0.39, 0.29) is 22.0 Å². The number of halogens is 1. The summed E-state index contributed by atoms with van der Waals surface area (Å²) in [5, 5.41) is 13.1. The van der Waals surface area contributed by atoms with Crippen molar-refractivity contribution in [2.45, 2.75) is 0 Å². The van der Waals surface area contributed by atoms with Gasteiger partial charge in [-0.2, -0.15) is 0 Å². The summed E-state index contributed by atoms with van der Waals surface area (Å²) in [5.74, 6) is -1.33. The van der Waals surface area contributed by atoms with Gasteiger partial charge in [0.1, 0.15) is 5.02 Å². The second-order valence-electron chi connectivity index (χ2n) is 4.67. The summed E-state index contributed by atoms with van der Waals surface area (Å²) in [6.45, 7) is -0.542. The van der Waals surface area contributed by atoms with Gasteiger partial charge in [-0.25, -0.2) is 4.79 Å². The van der Waals surface area contributed by atoms with Crippen LogP contribution in [0.25, 0.3) is 0 Å². The molecule has 0 aliphatic rings. The van der Waals surface area contributed by atoms with Crippen molar-refractivity contribution in [2.75, 3.05) is 17.7 Å². The summed E-state index contributed by atoms with van der Waals surface area (Å²) < 4.78 is 4.85. The molecule has 2 aromatic carbocycles. The second-order valence-corrected chi connectivity index (χ2v) is 5.08. The highest BCUT2D eigenvalue weighted by molar-refractivity contribution is 6.32. The van der Waals surface area contributed by atoms with Gasteiger partial charge in [0, 0.05) is 17.4 Å². The number of amides is 1. The monoisotopic (exact) mass is 349 g/mol. The largest absolute Gasteiger partial charge is 0.452 e. The Balaban J connectivity index is 1.94. The summed E-state index contributed by atoms with van der Waals surface area (Å²) in [6, 6.07) is 9.80. The molecule has 0 saturated heterocycles. The van der Waals surface area contributed by atoms with Crippen molar-refractivity contribution in [2.24, 2.45) is 0 Å². The number of hydrogen-bond donors (Lipinski definition) is 2. The van der Waals surface area contributed by atoms with Crippen LogP contribution in [0, 0.1) is 10.1 Å². The first-order chi connectivity index (χ1) is 11.4. The van der Waals surface area contributed by atoms with E-state index < -0.39 is 23.4 Å². The number of rotatable bonds is 5. The first-order valence-electron chi connectivity index (χ1n) is 6.63. The number of nitrogen functional groups attached to an aromatic ring is 1. The lowest BCUT2D eigenvalue weighted by Crippen LogP contribution is -2.21. The molecule has 9 heteroatoms. The van der Waals surface area contributed by atoms with Crippen LogP contribution in [0.4, 0.5) is 17.1 Å². The zero-order valence-electron chi connectivity index (χ0n) is 12.2. The molecule has 1 amide bonds. The number of benzene rings is 2. The Bertz CT molecular complexity index is 792. The maximum Gasteiger partial charge on any atom is 0.338 e. The predicted molar refractivity (Wildman–Crippen MR) is 87.9 cm³/mol. The summed E-state index contributed by atoms with van der Waals surface area (Å²) in [7, 11) is 0. The van der Waals surface area contributed by atoms with E-state index in [1.165, 1.54) is 36.4 Å². The van der Waals surface area contributed by atoms with Gasteiger partial charge in [-0.3, -0.25) is 14.9 Å². The Hall–Kier alpha value is -3.13. The number of nitrogens with zero attached hydrogens (tertiary/aromatic N) is 1. The molecule has 0 heterocycles. The fraction of sp³-hybridized carbons (Fsp3) is 0.0667. The van der Waals surface area contributed by atoms with Crippen molar-refractivity contribution in [1.82, 2.24) is 0 Å². The molecule has 0 radical (unpaired) electrons. The van der Waals surface area contributed by atoms with Crippen LogP contribution < -0.4 is 11.1 Å².